The minimum atomic E-state index is -1.61. The maximum absolute atomic E-state index is 9.58. The molecule has 0 radical (unpaired) electrons. The Morgan fingerprint density at radius 3 is 1.90 bits per heavy atom. The zero-order valence-electron chi connectivity index (χ0n) is 52.5. The van der Waals surface area contributed by atoms with Crippen LogP contribution in [0.2, 0.25) is 0 Å². The molecule has 0 unspecified atom stereocenters. The van der Waals surface area contributed by atoms with E-state index in [1.165, 1.54) is 11.1 Å². The van der Waals surface area contributed by atoms with Gasteiger partial charge in [-0.25, -0.2) is 4.98 Å². The fraction of sp³-hybridized carbons (Fsp3) is 0.262. The predicted octanol–water partition coefficient (Wildman–Crippen LogP) is 17.5. The molecule has 2 atom stereocenters. The Labute approximate surface area is 433 Å². The van der Waals surface area contributed by atoms with Crippen molar-refractivity contribution >= 4 is 66.4 Å². The summed E-state index contributed by atoms with van der Waals surface area (Å²) in [4.78, 5) is 4.94. The highest BCUT2D eigenvalue weighted by atomic mass is 16.5. The molecule has 13 rings (SSSR count). The van der Waals surface area contributed by atoms with Crippen LogP contribution in [0.3, 0.4) is 0 Å². The van der Waals surface area contributed by atoms with Gasteiger partial charge in [-0.1, -0.05) is 137 Å². The number of fused-ring (bicyclic) bond motifs is 6. The second kappa shape index (κ2) is 15.8. The van der Waals surface area contributed by atoms with E-state index in [4.69, 9.17) is 20.7 Å². The third-order valence-electron chi connectivity index (χ3n) is 14.6. The third kappa shape index (κ3) is 7.16. The first-order chi connectivity index (χ1) is 37.9. The number of aromatic nitrogens is 3. The van der Waals surface area contributed by atoms with Gasteiger partial charge in [0, 0.05) is 72.1 Å². The number of hydrogen-bond acceptors (Lipinski definition) is 2. The lowest BCUT2D eigenvalue weighted by Gasteiger charge is -2.56. The van der Waals surface area contributed by atoms with Crippen molar-refractivity contribution in [2.75, 3.05) is 6.67 Å². The molecule has 2 bridgehead atoms. The van der Waals surface area contributed by atoms with Crippen LogP contribution in [0.4, 0.5) is 22.7 Å². The van der Waals surface area contributed by atoms with Crippen molar-refractivity contribution in [3.05, 3.63) is 193 Å². The van der Waals surface area contributed by atoms with E-state index in [1.54, 1.807) is 10.8 Å². The van der Waals surface area contributed by atoms with Gasteiger partial charge in [0.05, 0.1) is 39.7 Å². The highest BCUT2D eigenvalue weighted by Crippen LogP contribution is 2.66. The van der Waals surface area contributed by atoms with Crippen LogP contribution in [0.15, 0.2) is 164 Å². The Balaban J connectivity index is 1.02. The summed E-state index contributed by atoms with van der Waals surface area (Å²) in [7, 11) is 0. The Morgan fingerprint density at radius 2 is 1.24 bits per heavy atom. The first kappa shape index (κ1) is 35.2. The summed E-state index contributed by atoms with van der Waals surface area (Å²) in [6.45, 7) is 26.8. The maximum atomic E-state index is 9.58. The van der Waals surface area contributed by atoms with Crippen LogP contribution in [-0.2, 0) is 22.6 Å². The van der Waals surface area contributed by atoms with Crippen LogP contribution in [0.25, 0.3) is 55.1 Å². The van der Waals surface area contributed by atoms with Crippen LogP contribution in [0, 0.1) is 12.6 Å². The summed E-state index contributed by atoms with van der Waals surface area (Å²) >= 11 is 0. The molecule has 10 aromatic rings. The van der Waals surface area contributed by atoms with Gasteiger partial charge >= 0.3 is 0 Å². The molecule has 0 amide bonds. The van der Waals surface area contributed by atoms with E-state index in [9.17, 15) is 2.74 Å². The van der Waals surface area contributed by atoms with Crippen molar-refractivity contribution in [2.45, 2.75) is 98.8 Å². The van der Waals surface area contributed by atoms with Gasteiger partial charge in [-0.3, -0.25) is 13.5 Å². The molecule has 6 nitrogen and oxygen atoms in total. The standard InChI is InChI=1S/C65H66N5O/c1-42(2)32-43-18-16-25-60-62(43)70(49-34-45(64(6,7)8)33-46(35-49)65(9,10)11)40-69(60,41-70)48-19-17-20-50(38-48)71-51-27-28-54-55-37-47(67-56-23-14-12-21-52(56)53-22-13-15-24-57(53)67)26-29-58(55)68(59(54)39-51)61-36-44(30-31-66-61)63(3,4)5/h12-31,33-40,42H,32,41H2,1-11H3/q+1/t69-,70+/m1/s1/i12D,13D,14D,15D,21D,22D,23D,24D,32D2. The summed E-state index contributed by atoms with van der Waals surface area (Å²) < 4.78 is 101. The van der Waals surface area contributed by atoms with E-state index < -0.39 is 30.5 Å². The Kier molecular flexibility index (Phi) is 7.80. The maximum Gasteiger partial charge on any atom is 0.186 e. The van der Waals surface area contributed by atoms with Gasteiger partial charge in [0.1, 0.15) is 28.7 Å². The molecule has 1 saturated heterocycles. The number of benzene rings is 7. The molecule has 0 N–H and O–H groups in total. The van der Waals surface area contributed by atoms with Crippen molar-refractivity contribution in [3.8, 4) is 23.0 Å². The van der Waals surface area contributed by atoms with E-state index in [0.29, 0.717) is 44.2 Å². The Bertz CT molecular complexity index is 4230. The van der Waals surface area contributed by atoms with Crippen LogP contribution in [0.5, 0.6) is 11.5 Å². The van der Waals surface area contributed by atoms with Gasteiger partial charge < -0.3 is 9.30 Å². The molecule has 0 aliphatic carbocycles. The zero-order valence-corrected chi connectivity index (χ0v) is 42.5. The molecule has 1 fully saturated rings. The SMILES string of the molecule is [2H]c1c([2H])c([2H])c2c(c1[2H])c1c([2H])c([2H])c([2H])c([2H])c1n2-c1ccc2c(c1)c1ccc(Oc3cccc([N@@+]45[CH-][N@@+](c6cc(C(C)(C)C)cc(C(C)(C)C)c6)(C4)c4c(C([2H])([2H])C(C)C)cccc45)c3)cc1n2-c1cc(C(C)(C)C)ccn1. The van der Waals surface area contributed by atoms with Gasteiger partial charge in [0.15, 0.2) is 18.0 Å². The molecule has 71 heavy (non-hydrogen) atoms. The van der Waals surface area contributed by atoms with Crippen LogP contribution in [-0.4, -0.2) is 20.8 Å². The quantitative estimate of drug-likeness (QED) is 0.112. The highest BCUT2D eigenvalue weighted by Gasteiger charge is 2.64. The normalized spacial score (nSPS) is 20.2. The average Bonchev–Trinajstić information content (AvgIpc) is 4.33. The minimum Gasteiger partial charge on any atom is -0.457 e. The van der Waals surface area contributed by atoms with Crippen LogP contribution < -0.4 is 13.7 Å². The molecule has 3 aromatic heterocycles. The molecule has 3 aliphatic heterocycles. The van der Waals surface area contributed by atoms with Gasteiger partial charge in [0.25, 0.3) is 0 Å². The van der Waals surface area contributed by atoms with E-state index in [0.717, 1.165) is 50.1 Å². The summed E-state index contributed by atoms with van der Waals surface area (Å²) in [5.74, 6) is 1.56. The predicted molar refractivity (Wildman–Crippen MR) is 299 cm³/mol. The molecule has 0 saturated carbocycles. The van der Waals surface area contributed by atoms with Crippen molar-refractivity contribution < 1.29 is 18.4 Å². The van der Waals surface area contributed by atoms with E-state index >= 15 is 0 Å². The summed E-state index contributed by atoms with van der Waals surface area (Å²) in [5.41, 5.74) is 9.97. The number of nitrogens with zero attached hydrogens (tertiary/aromatic N) is 5. The molecule has 3 aliphatic rings. The second-order valence-electron chi connectivity index (χ2n) is 23.0. The summed E-state index contributed by atoms with van der Waals surface area (Å²) in [6, 6.07) is 33.5. The monoisotopic (exact) mass is 943 g/mol. The molecule has 6 heterocycles. The van der Waals surface area contributed by atoms with Crippen molar-refractivity contribution in [3.63, 3.8) is 0 Å². The van der Waals surface area contributed by atoms with Crippen molar-refractivity contribution in [1.82, 2.24) is 23.1 Å². The highest BCUT2D eigenvalue weighted by molar-refractivity contribution is 6.12. The average molecular weight is 943 g/mol. The first-order valence-electron chi connectivity index (χ1n) is 29.7. The van der Waals surface area contributed by atoms with E-state index in [1.807, 2.05) is 80.6 Å². The van der Waals surface area contributed by atoms with Gasteiger partial charge in [0.2, 0.25) is 0 Å². The van der Waals surface area contributed by atoms with E-state index in [2.05, 4.69) is 116 Å². The number of ether oxygens (including phenoxy) is 1. The van der Waals surface area contributed by atoms with E-state index in [-0.39, 0.29) is 68.1 Å². The smallest absolute Gasteiger partial charge is 0.186 e. The molecular formula is C65H66N5O+. The van der Waals surface area contributed by atoms with Crippen LogP contribution in [0.1, 0.15) is 112 Å². The van der Waals surface area contributed by atoms with Gasteiger partial charge in [-0.05, 0) is 112 Å². The fourth-order valence-electron chi connectivity index (χ4n) is 11.0. The number of para-hydroxylation sites is 3. The Hall–Kier alpha value is -6.99. The largest absolute Gasteiger partial charge is 0.457 e. The molecular weight excluding hydrogens is 867 g/mol. The molecule has 7 aromatic carbocycles. The third-order valence-corrected chi connectivity index (χ3v) is 14.6. The lowest BCUT2D eigenvalue weighted by Crippen LogP contribution is -2.67. The fourth-order valence-corrected chi connectivity index (χ4v) is 11.0. The topological polar surface area (TPSA) is 32.0 Å². The lowest BCUT2D eigenvalue weighted by atomic mass is 9.80. The summed E-state index contributed by atoms with van der Waals surface area (Å²) in [5, 5.41) is 1.61. The number of pyridine rings is 1. The Morgan fingerprint density at radius 1 is 0.592 bits per heavy atom. The number of rotatable bonds is 8. The van der Waals surface area contributed by atoms with Gasteiger partial charge in [-0.15, -0.1) is 0 Å². The van der Waals surface area contributed by atoms with Gasteiger partial charge in [-0.2, -0.15) is 0 Å². The van der Waals surface area contributed by atoms with Crippen molar-refractivity contribution in [2.24, 2.45) is 5.92 Å². The minimum absolute atomic E-state index is 0.0166. The summed E-state index contributed by atoms with van der Waals surface area (Å²) in [6.07, 6.45) is 0.193. The number of quaternary nitrogens is 2. The zero-order chi connectivity index (χ0) is 58.2. The molecule has 356 valence electrons. The molecule has 6 heteroatoms. The van der Waals surface area contributed by atoms with Crippen molar-refractivity contribution in [1.29, 1.82) is 0 Å². The molecule has 0 spiro atoms. The first-order valence-corrected chi connectivity index (χ1v) is 24.7. The lowest BCUT2D eigenvalue weighted by molar-refractivity contribution is 0.186. The second-order valence-corrected chi connectivity index (χ2v) is 23.0. The number of hydrogen-bond donors (Lipinski definition) is 0. The van der Waals surface area contributed by atoms with Crippen LogP contribution >= 0.6 is 0 Å².